The maximum Gasteiger partial charge on any atom is 0.490 e. The van der Waals surface area contributed by atoms with E-state index >= 15 is 0 Å². The van der Waals surface area contributed by atoms with E-state index in [2.05, 4.69) is 16.0 Å². The van der Waals surface area contributed by atoms with Crippen molar-refractivity contribution in [2.45, 2.75) is 43.9 Å². The third-order valence-corrected chi connectivity index (χ3v) is 6.34. The van der Waals surface area contributed by atoms with Gasteiger partial charge in [-0.3, -0.25) is 9.88 Å². The summed E-state index contributed by atoms with van der Waals surface area (Å²) >= 11 is 0. The Labute approximate surface area is 162 Å². The fraction of sp³-hybridized carbons (Fsp3) is 0.647. The zero-order valence-electron chi connectivity index (χ0n) is 15.5. The summed E-state index contributed by atoms with van der Waals surface area (Å²) in [5, 5.41) is 7.12. The van der Waals surface area contributed by atoms with Gasteiger partial charge in [0, 0.05) is 44.1 Å². The lowest BCUT2D eigenvalue weighted by molar-refractivity contribution is -0.192. The van der Waals surface area contributed by atoms with E-state index in [1.165, 1.54) is 11.8 Å². The number of carboxylic acids is 1. The highest BCUT2D eigenvalue weighted by molar-refractivity contribution is 7.88. The van der Waals surface area contributed by atoms with Crippen LogP contribution in [0.4, 0.5) is 13.2 Å². The van der Waals surface area contributed by atoms with Crippen LogP contribution in [0.5, 0.6) is 0 Å². The van der Waals surface area contributed by atoms with Crippen LogP contribution in [0.2, 0.25) is 0 Å². The normalized spacial score (nSPS) is 24.0. The number of piperidine rings is 1. The molecule has 11 heteroatoms. The van der Waals surface area contributed by atoms with Gasteiger partial charge in [0.15, 0.2) is 0 Å². The van der Waals surface area contributed by atoms with E-state index in [4.69, 9.17) is 9.90 Å². The predicted molar refractivity (Wildman–Crippen MR) is 96.0 cm³/mol. The van der Waals surface area contributed by atoms with E-state index in [-0.39, 0.29) is 5.54 Å². The molecule has 1 N–H and O–H groups in total. The van der Waals surface area contributed by atoms with Crippen molar-refractivity contribution in [1.82, 2.24) is 14.2 Å². The van der Waals surface area contributed by atoms with E-state index in [0.717, 1.165) is 45.3 Å². The van der Waals surface area contributed by atoms with Gasteiger partial charge in [0.1, 0.15) is 0 Å². The topological polar surface area (TPSA) is 90.8 Å². The summed E-state index contributed by atoms with van der Waals surface area (Å²) in [4.78, 5) is 15.4. The van der Waals surface area contributed by atoms with Crippen LogP contribution in [0.1, 0.15) is 31.2 Å². The van der Waals surface area contributed by atoms with Gasteiger partial charge >= 0.3 is 12.1 Å². The molecule has 2 saturated heterocycles. The van der Waals surface area contributed by atoms with Crippen LogP contribution >= 0.6 is 0 Å². The highest BCUT2D eigenvalue weighted by Gasteiger charge is 2.47. The van der Waals surface area contributed by atoms with Gasteiger partial charge in [-0.1, -0.05) is 12.5 Å². The van der Waals surface area contributed by atoms with E-state index < -0.39 is 22.2 Å². The van der Waals surface area contributed by atoms with Crippen molar-refractivity contribution in [3.8, 4) is 0 Å². The number of halogens is 3. The van der Waals surface area contributed by atoms with Crippen LogP contribution < -0.4 is 0 Å². The molecule has 0 bridgehead atoms. The van der Waals surface area contributed by atoms with Gasteiger partial charge in [-0.25, -0.2) is 13.2 Å². The average Bonchev–Trinajstić information content (AvgIpc) is 2.97. The SMILES string of the molecule is CS(=O)(=O)N1CCCCC12CCN(Cc1cccnc1)C2.O=C(O)C(F)(F)F. The smallest absolute Gasteiger partial charge is 0.475 e. The first-order valence-electron chi connectivity index (χ1n) is 8.83. The van der Waals surface area contributed by atoms with E-state index in [0.29, 0.717) is 6.54 Å². The maximum absolute atomic E-state index is 12.1. The van der Waals surface area contributed by atoms with Crippen molar-refractivity contribution in [2.24, 2.45) is 0 Å². The molecule has 158 valence electrons. The number of hydrogen-bond donors (Lipinski definition) is 1. The molecular formula is C17H24F3N3O4S. The number of carboxylic acid groups (broad SMARTS) is 1. The summed E-state index contributed by atoms with van der Waals surface area (Å²) in [6, 6.07) is 4.03. The van der Waals surface area contributed by atoms with E-state index in [9.17, 15) is 21.6 Å². The first-order chi connectivity index (χ1) is 12.9. The summed E-state index contributed by atoms with van der Waals surface area (Å²) in [6.45, 7) is 3.34. The molecule has 7 nitrogen and oxygen atoms in total. The van der Waals surface area contributed by atoms with Crippen LogP contribution in [0, 0.1) is 0 Å². The highest BCUT2D eigenvalue weighted by Crippen LogP contribution is 2.38. The molecule has 2 aliphatic heterocycles. The summed E-state index contributed by atoms with van der Waals surface area (Å²) in [5.74, 6) is -2.76. The van der Waals surface area contributed by atoms with Crippen molar-refractivity contribution >= 4 is 16.0 Å². The van der Waals surface area contributed by atoms with Crippen molar-refractivity contribution in [2.75, 3.05) is 25.9 Å². The fourth-order valence-electron chi connectivity index (χ4n) is 3.82. The molecular weight excluding hydrogens is 399 g/mol. The van der Waals surface area contributed by atoms with Gasteiger partial charge in [-0.2, -0.15) is 17.5 Å². The quantitative estimate of drug-likeness (QED) is 0.801. The third kappa shape index (κ3) is 5.89. The van der Waals surface area contributed by atoms with Crippen LogP contribution in [0.15, 0.2) is 24.5 Å². The number of likely N-dealkylation sites (tertiary alicyclic amines) is 1. The number of alkyl halides is 3. The maximum atomic E-state index is 12.1. The number of aromatic nitrogens is 1. The molecule has 1 aromatic heterocycles. The second-order valence-electron chi connectivity index (χ2n) is 7.14. The fourth-order valence-corrected chi connectivity index (χ4v) is 5.23. The predicted octanol–water partition coefficient (Wildman–Crippen LogP) is 2.10. The number of sulfonamides is 1. The average molecular weight is 423 g/mol. The lowest BCUT2D eigenvalue weighted by Gasteiger charge is -2.43. The molecule has 1 atom stereocenters. The Morgan fingerprint density at radius 2 is 1.96 bits per heavy atom. The van der Waals surface area contributed by atoms with Crippen molar-refractivity contribution in [3.63, 3.8) is 0 Å². The Morgan fingerprint density at radius 1 is 1.29 bits per heavy atom. The van der Waals surface area contributed by atoms with Crippen LogP contribution in [-0.2, 0) is 21.4 Å². The Hall–Kier alpha value is -1.72. The van der Waals surface area contributed by atoms with Crippen molar-refractivity contribution < 1.29 is 31.5 Å². The second-order valence-corrected chi connectivity index (χ2v) is 9.05. The number of aliphatic carboxylic acids is 1. The summed E-state index contributed by atoms with van der Waals surface area (Å²) in [5.41, 5.74) is 1.02. The molecule has 0 radical (unpaired) electrons. The van der Waals surface area contributed by atoms with Gasteiger partial charge in [0.05, 0.1) is 6.26 Å². The van der Waals surface area contributed by atoms with Crippen LogP contribution in [0.3, 0.4) is 0 Å². The van der Waals surface area contributed by atoms with Gasteiger partial charge < -0.3 is 5.11 Å². The largest absolute Gasteiger partial charge is 0.490 e. The third-order valence-electron chi connectivity index (χ3n) is 4.97. The van der Waals surface area contributed by atoms with Crippen LogP contribution in [-0.4, -0.2) is 71.3 Å². The minimum Gasteiger partial charge on any atom is -0.475 e. The molecule has 1 unspecified atom stereocenters. The number of rotatable bonds is 3. The molecule has 28 heavy (non-hydrogen) atoms. The summed E-state index contributed by atoms with van der Waals surface area (Å²) < 4.78 is 57.7. The Balaban J connectivity index is 0.000000345. The molecule has 2 aliphatic rings. The van der Waals surface area contributed by atoms with Crippen molar-refractivity contribution in [1.29, 1.82) is 0 Å². The van der Waals surface area contributed by atoms with E-state index in [1.54, 1.807) is 10.5 Å². The molecule has 3 heterocycles. The van der Waals surface area contributed by atoms with Crippen molar-refractivity contribution in [3.05, 3.63) is 30.1 Å². The number of carbonyl (C=O) groups is 1. The van der Waals surface area contributed by atoms with Gasteiger partial charge in [-0.15, -0.1) is 0 Å². The lowest BCUT2D eigenvalue weighted by atomic mass is 9.88. The number of pyridine rings is 1. The lowest BCUT2D eigenvalue weighted by Crippen LogP contribution is -2.55. The molecule has 3 rings (SSSR count). The minimum atomic E-state index is -5.08. The van der Waals surface area contributed by atoms with Crippen LogP contribution in [0.25, 0.3) is 0 Å². The zero-order valence-corrected chi connectivity index (χ0v) is 16.3. The first-order valence-corrected chi connectivity index (χ1v) is 10.7. The molecule has 0 aromatic carbocycles. The van der Waals surface area contributed by atoms with Gasteiger partial charge in [0.2, 0.25) is 10.0 Å². The molecule has 0 aliphatic carbocycles. The summed E-state index contributed by atoms with van der Waals surface area (Å²) in [6.07, 6.45) is 3.99. The highest BCUT2D eigenvalue weighted by atomic mass is 32.2. The first kappa shape index (κ1) is 22.6. The molecule has 0 saturated carbocycles. The second kappa shape index (κ2) is 8.75. The molecule has 1 spiro atoms. The standard InChI is InChI=1S/C15H23N3O2S.C2HF3O2/c1-21(19,20)18-9-3-2-6-15(18)7-10-17(13-15)12-14-5-4-8-16-11-14;3-2(4,5)1(6)7/h4-5,8,11H,2-3,6-7,9-10,12-13H2,1H3;(H,6,7). The van der Waals surface area contributed by atoms with Gasteiger partial charge in [0.25, 0.3) is 0 Å². The molecule has 1 aromatic rings. The molecule has 2 fully saturated rings. The molecule has 0 amide bonds. The minimum absolute atomic E-state index is 0.173. The Kier molecular flexibility index (Phi) is 7.05. The Morgan fingerprint density at radius 3 is 2.50 bits per heavy atom. The zero-order chi connectivity index (χ0) is 21.0. The Bertz CT molecular complexity index is 774. The number of hydrogen-bond acceptors (Lipinski definition) is 5. The van der Waals surface area contributed by atoms with E-state index in [1.807, 2.05) is 12.3 Å². The monoisotopic (exact) mass is 423 g/mol. The number of nitrogens with zero attached hydrogens (tertiary/aromatic N) is 3. The summed E-state index contributed by atoms with van der Waals surface area (Å²) in [7, 11) is -3.12. The van der Waals surface area contributed by atoms with Gasteiger partial charge in [-0.05, 0) is 30.9 Å².